The average molecular weight is 501 g/mol. The monoisotopic (exact) mass is 500 g/mol. The molecule has 1 N–H and O–H groups in total. The summed E-state index contributed by atoms with van der Waals surface area (Å²) in [4.78, 5) is 23.2. The van der Waals surface area contributed by atoms with Crippen molar-refractivity contribution in [3.05, 3.63) is 53.2 Å². The van der Waals surface area contributed by atoms with Crippen molar-refractivity contribution in [2.75, 3.05) is 26.1 Å². The molecule has 1 aromatic heterocycles. The first kappa shape index (κ1) is 24.1. The summed E-state index contributed by atoms with van der Waals surface area (Å²) in [5.74, 6) is 1.63. The van der Waals surface area contributed by atoms with Crippen LogP contribution in [0.25, 0.3) is 22.0 Å². The van der Waals surface area contributed by atoms with Crippen molar-refractivity contribution in [3.63, 3.8) is 0 Å². The van der Waals surface area contributed by atoms with Crippen molar-refractivity contribution in [3.8, 4) is 22.6 Å². The SMILES string of the molecule is C=CC(=O)N1C[C@H](C)[C@@H](Nc2ncc3cc(-c4c(Cl)c(OC)cc(OC)c4Cl)ccc3n2)[C@@H]1C. The third kappa shape index (κ3) is 4.26. The Labute approximate surface area is 208 Å². The predicted octanol–water partition coefficient (Wildman–Crippen LogP) is 5.45. The first-order chi connectivity index (χ1) is 16.3. The number of rotatable bonds is 6. The Kier molecular flexibility index (Phi) is 6.86. The van der Waals surface area contributed by atoms with E-state index >= 15 is 0 Å². The van der Waals surface area contributed by atoms with Crippen LogP contribution in [-0.2, 0) is 4.79 Å². The van der Waals surface area contributed by atoms with E-state index in [2.05, 4.69) is 28.8 Å². The summed E-state index contributed by atoms with van der Waals surface area (Å²) in [6.07, 6.45) is 3.11. The number of benzene rings is 2. The van der Waals surface area contributed by atoms with E-state index in [-0.39, 0.29) is 23.9 Å². The molecule has 1 amide bonds. The van der Waals surface area contributed by atoms with Gasteiger partial charge in [0, 0.05) is 35.8 Å². The minimum absolute atomic E-state index is 0.00509. The molecule has 2 aromatic carbocycles. The van der Waals surface area contributed by atoms with E-state index in [1.807, 2.05) is 30.0 Å². The lowest BCUT2D eigenvalue weighted by molar-refractivity contribution is -0.126. The maximum Gasteiger partial charge on any atom is 0.246 e. The van der Waals surface area contributed by atoms with E-state index in [9.17, 15) is 4.79 Å². The van der Waals surface area contributed by atoms with Gasteiger partial charge in [0.1, 0.15) is 11.5 Å². The number of hydrogen-bond donors (Lipinski definition) is 1. The number of likely N-dealkylation sites (tertiary alicyclic amines) is 1. The Hall–Kier alpha value is -3.03. The molecular formula is C25H26Cl2N4O3. The lowest BCUT2D eigenvalue weighted by Crippen LogP contribution is -2.40. The van der Waals surface area contributed by atoms with Crippen LogP contribution in [-0.4, -0.2) is 53.6 Å². The second kappa shape index (κ2) is 9.68. The molecule has 1 fully saturated rings. The topological polar surface area (TPSA) is 76.6 Å². The molecule has 4 rings (SSSR count). The lowest BCUT2D eigenvalue weighted by Gasteiger charge is -2.24. The largest absolute Gasteiger partial charge is 0.495 e. The van der Waals surface area contributed by atoms with E-state index in [0.29, 0.717) is 39.6 Å². The smallest absolute Gasteiger partial charge is 0.246 e. The highest BCUT2D eigenvalue weighted by Crippen LogP contribution is 2.46. The molecule has 0 bridgehead atoms. The maximum atomic E-state index is 12.1. The van der Waals surface area contributed by atoms with Crippen LogP contribution in [0.2, 0.25) is 10.0 Å². The van der Waals surface area contributed by atoms with Crippen molar-refractivity contribution in [2.45, 2.75) is 25.9 Å². The number of ether oxygens (including phenoxy) is 2. The van der Waals surface area contributed by atoms with Gasteiger partial charge in [-0.1, -0.05) is 42.8 Å². The molecule has 2 heterocycles. The van der Waals surface area contributed by atoms with Gasteiger partial charge in [0.25, 0.3) is 0 Å². The highest BCUT2D eigenvalue weighted by molar-refractivity contribution is 6.41. The molecule has 1 aliphatic rings. The van der Waals surface area contributed by atoms with E-state index in [1.54, 1.807) is 26.5 Å². The number of aromatic nitrogens is 2. The second-order valence-electron chi connectivity index (χ2n) is 8.33. The molecule has 0 radical (unpaired) electrons. The van der Waals surface area contributed by atoms with Gasteiger partial charge in [0.05, 0.1) is 35.8 Å². The number of methoxy groups -OCH3 is 2. The number of anilines is 1. The summed E-state index contributed by atoms with van der Waals surface area (Å²) in [5.41, 5.74) is 2.17. The summed E-state index contributed by atoms with van der Waals surface area (Å²) in [6.45, 7) is 8.38. The Balaban J connectivity index is 1.65. The van der Waals surface area contributed by atoms with Crippen molar-refractivity contribution >= 4 is 46.0 Å². The molecule has 0 aliphatic carbocycles. The number of nitrogens with zero attached hydrogens (tertiary/aromatic N) is 3. The van der Waals surface area contributed by atoms with Crippen LogP contribution in [0.4, 0.5) is 5.95 Å². The maximum absolute atomic E-state index is 12.1. The van der Waals surface area contributed by atoms with Gasteiger partial charge in [0.2, 0.25) is 11.9 Å². The highest BCUT2D eigenvalue weighted by Gasteiger charge is 2.38. The first-order valence-corrected chi connectivity index (χ1v) is 11.6. The zero-order valence-corrected chi connectivity index (χ0v) is 20.9. The number of halogens is 2. The normalized spacial score (nSPS) is 19.8. The standard InChI is InChI=1S/C25H26Cl2N4O3/c1-6-20(32)31-12-13(2)24(14(31)3)30-25-28-11-16-9-15(7-8-17(16)29-25)21-22(26)18(33-4)10-19(34-5)23(21)27/h6-11,13-14,24H,1,12H2,2-5H3,(H,28,29,30)/t13-,14-,24+/m0/s1. The fraction of sp³-hybridized carbons (Fsp3) is 0.320. The predicted molar refractivity (Wildman–Crippen MR) is 136 cm³/mol. The molecule has 3 aromatic rings. The number of hydrogen-bond acceptors (Lipinski definition) is 6. The summed E-state index contributed by atoms with van der Waals surface area (Å²) < 4.78 is 10.8. The van der Waals surface area contributed by atoms with Crippen molar-refractivity contribution in [2.24, 2.45) is 5.92 Å². The molecular weight excluding hydrogens is 475 g/mol. The van der Waals surface area contributed by atoms with Crippen LogP contribution in [0, 0.1) is 5.92 Å². The van der Waals surface area contributed by atoms with Gasteiger partial charge in [-0.2, -0.15) is 0 Å². The number of nitrogens with one attached hydrogen (secondary N) is 1. The zero-order valence-electron chi connectivity index (χ0n) is 19.4. The Morgan fingerprint density at radius 1 is 1.18 bits per heavy atom. The van der Waals surface area contributed by atoms with Gasteiger partial charge in [0.15, 0.2) is 0 Å². The van der Waals surface area contributed by atoms with Gasteiger partial charge < -0.3 is 19.7 Å². The van der Waals surface area contributed by atoms with Gasteiger partial charge in [-0.05, 0) is 36.6 Å². The molecule has 1 aliphatic heterocycles. The third-order valence-electron chi connectivity index (χ3n) is 6.30. The molecule has 9 heteroatoms. The molecule has 7 nitrogen and oxygen atoms in total. The molecule has 1 saturated heterocycles. The second-order valence-corrected chi connectivity index (χ2v) is 9.09. The quantitative estimate of drug-likeness (QED) is 0.453. The summed E-state index contributed by atoms with van der Waals surface area (Å²) in [7, 11) is 3.08. The highest BCUT2D eigenvalue weighted by atomic mass is 35.5. The fourth-order valence-electron chi connectivity index (χ4n) is 4.48. The number of carbonyl (C=O) groups is 1. The van der Waals surface area contributed by atoms with Gasteiger partial charge in [-0.15, -0.1) is 0 Å². The van der Waals surface area contributed by atoms with Crippen molar-refractivity contribution < 1.29 is 14.3 Å². The van der Waals surface area contributed by atoms with Gasteiger partial charge in [-0.25, -0.2) is 9.97 Å². The summed E-state index contributed by atoms with van der Waals surface area (Å²) in [6, 6.07) is 7.40. The minimum Gasteiger partial charge on any atom is -0.495 e. The molecule has 0 unspecified atom stereocenters. The van der Waals surface area contributed by atoms with Crippen molar-refractivity contribution in [1.29, 1.82) is 0 Å². The summed E-state index contributed by atoms with van der Waals surface area (Å²) in [5, 5.41) is 5.03. The van der Waals surface area contributed by atoms with Crippen LogP contribution in [0.5, 0.6) is 11.5 Å². The fourth-order valence-corrected chi connectivity index (χ4v) is 5.20. The van der Waals surface area contributed by atoms with Crippen molar-refractivity contribution in [1.82, 2.24) is 14.9 Å². The van der Waals surface area contributed by atoms with E-state index in [1.165, 1.54) is 6.08 Å². The zero-order chi connectivity index (χ0) is 24.6. The lowest BCUT2D eigenvalue weighted by atomic mass is 10.0. The third-order valence-corrected chi connectivity index (χ3v) is 7.06. The van der Waals surface area contributed by atoms with Crippen LogP contribution < -0.4 is 14.8 Å². The minimum atomic E-state index is -0.0675. The van der Waals surface area contributed by atoms with Gasteiger partial charge in [-0.3, -0.25) is 4.79 Å². The first-order valence-electron chi connectivity index (χ1n) is 10.9. The van der Waals surface area contributed by atoms with Crippen LogP contribution in [0.3, 0.4) is 0 Å². The molecule has 0 saturated carbocycles. The van der Waals surface area contributed by atoms with Crippen LogP contribution in [0.1, 0.15) is 13.8 Å². The number of fused-ring (bicyclic) bond motifs is 1. The molecule has 178 valence electrons. The molecule has 0 spiro atoms. The molecule has 34 heavy (non-hydrogen) atoms. The van der Waals surface area contributed by atoms with E-state index < -0.39 is 0 Å². The Morgan fingerprint density at radius 2 is 1.85 bits per heavy atom. The molecule has 3 atom stereocenters. The Bertz CT molecular complexity index is 1240. The van der Waals surface area contributed by atoms with Crippen LogP contribution >= 0.6 is 23.2 Å². The average Bonchev–Trinajstić information content (AvgIpc) is 3.12. The van der Waals surface area contributed by atoms with E-state index in [0.717, 1.165) is 16.5 Å². The number of amides is 1. The van der Waals surface area contributed by atoms with Gasteiger partial charge >= 0.3 is 0 Å². The number of carbonyl (C=O) groups excluding carboxylic acids is 1. The summed E-state index contributed by atoms with van der Waals surface area (Å²) >= 11 is 13.2. The van der Waals surface area contributed by atoms with Crippen LogP contribution in [0.15, 0.2) is 43.1 Å². The Morgan fingerprint density at radius 3 is 2.47 bits per heavy atom. The van der Waals surface area contributed by atoms with E-state index in [4.69, 9.17) is 32.7 Å².